The summed E-state index contributed by atoms with van der Waals surface area (Å²) in [7, 11) is 1.52. The number of amides is 1. The van der Waals surface area contributed by atoms with Crippen LogP contribution in [0.3, 0.4) is 0 Å². The molecule has 0 radical (unpaired) electrons. The van der Waals surface area contributed by atoms with E-state index in [1.54, 1.807) is 18.2 Å². The molecule has 0 bridgehead atoms. The normalized spacial score (nSPS) is 16.5. The van der Waals surface area contributed by atoms with Crippen molar-refractivity contribution in [3.8, 4) is 5.75 Å². The molecule has 1 saturated carbocycles. The molecule has 4 N–H and O–H groups in total. The van der Waals surface area contributed by atoms with Crippen LogP contribution in [0.15, 0.2) is 23.4 Å². The molecular formula is C15H21N3O3. The molecule has 0 heterocycles. The van der Waals surface area contributed by atoms with Gasteiger partial charge in [0.15, 0.2) is 5.84 Å². The molecule has 1 aromatic carbocycles. The number of nitrogens with zero attached hydrogens (tertiary/aromatic N) is 1. The Hall–Kier alpha value is -2.24. The number of nitrogens with one attached hydrogen (secondary N) is 1. The van der Waals surface area contributed by atoms with Crippen molar-refractivity contribution in [1.29, 1.82) is 0 Å². The first-order chi connectivity index (χ1) is 10.2. The lowest BCUT2D eigenvalue weighted by Crippen LogP contribution is -2.25. The Kier molecular flexibility index (Phi) is 5.03. The van der Waals surface area contributed by atoms with Gasteiger partial charge in [-0.15, -0.1) is 0 Å². The van der Waals surface area contributed by atoms with E-state index in [4.69, 9.17) is 15.7 Å². The third-order valence-corrected chi connectivity index (χ3v) is 3.84. The Morgan fingerprint density at radius 2 is 2.10 bits per heavy atom. The molecule has 0 spiro atoms. The number of benzene rings is 1. The number of carbonyl (C=O) groups is 1. The van der Waals surface area contributed by atoms with Crippen molar-refractivity contribution < 1.29 is 14.7 Å². The molecule has 6 nitrogen and oxygen atoms in total. The maximum atomic E-state index is 12.3. The van der Waals surface area contributed by atoms with E-state index in [2.05, 4.69) is 10.5 Å². The standard InChI is InChI=1S/C15H21N3O3/c1-21-13-9-11(14(16)18-20)7-8-12(13)17-15(19)10-5-3-2-4-6-10/h7-10,20H,2-6H2,1H3,(H2,16,18)(H,17,19). The highest BCUT2D eigenvalue weighted by Gasteiger charge is 2.22. The van der Waals surface area contributed by atoms with Crippen molar-refractivity contribution in [2.45, 2.75) is 32.1 Å². The SMILES string of the molecule is COc1cc(/C(N)=N/O)ccc1NC(=O)C1CCCCC1. The summed E-state index contributed by atoms with van der Waals surface area (Å²) in [6.45, 7) is 0. The summed E-state index contributed by atoms with van der Waals surface area (Å²) in [5.74, 6) is 0.596. The molecule has 0 saturated heterocycles. The number of hydrogen-bond donors (Lipinski definition) is 3. The number of nitrogens with two attached hydrogens (primary N) is 1. The zero-order valence-electron chi connectivity index (χ0n) is 12.1. The van der Waals surface area contributed by atoms with E-state index < -0.39 is 0 Å². The monoisotopic (exact) mass is 291 g/mol. The van der Waals surface area contributed by atoms with Crippen LogP contribution in [0.4, 0.5) is 5.69 Å². The molecule has 0 aliphatic heterocycles. The average molecular weight is 291 g/mol. The van der Waals surface area contributed by atoms with Crippen molar-refractivity contribution in [3.05, 3.63) is 23.8 Å². The summed E-state index contributed by atoms with van der Waals surface area (Å²) in [5.41, 5.74) is 6.68. The highest BCUT2D eigenvalue weighted by molar-refractivity contribution is 5.99. The van der Waals surface area contributed by atoms with E-state index in [0.29, 0.717) is 17.0 Å². The van der Waals surface area contributed by atoms with E-state index in [0.717, 1.165) is 25.7 Å². The maximum Gasteiger partial charge on any atom is 0.227 e. The molecule has 1 aliphatic rings. The van der Waals surface area contributed by atoms with Gasteiger partial charge in [0.25, 0.3) is 0 Å². The van der Waals surface area contributed by atoms with Gasteiger partial charge < -0.3 is 21.0 Å². The Bertz CT molecular complexity index is 537. The Morgan fingerprint density at radius 3 is 2.71 bits per heavy atom. The Morgan fingerprint density at radius 1 is 1.38 bits per heavy atom. The Labute approximate surface area is 124 Å². The minimum absolute atomic E-state index is 0.00143. The third kappa shape index (κ3) is 3.65. The largest absolute Gasteiger partial charge is 0.495 e. The van der Waals surface area contributed by atoms with Crippen molar-refractivity contribution in [2.75, 3.05) is 12.4 Å². The first-order valence-electron chi connectivity index (χ1n) is 7.12. The van der Waals surface area contributed by atoms with E-state index in [1.807, 2.05) is 0 Å². The fraction of sp³-hybridized carbons (Fsp3) is 0.467. The topological polar surface area (TPSA) is 96.9 Å². The summed E-state index contributed by atoms with van der Waals surface area (Å²) in [6, 6.07) is 5.01. The van der Waals surface area contributed by atoms with Crippen LogP contribution in [0.1, 0.15) is 37.7 Å². The quantitative estimate of drug-likeness (QED) is 0.343. The van der Waals surface area contributed by atoms with E-state index >= 15 is 0 Å². The van der Waals surface area contributed by atoms with Crippen LogP contribution >= 0.6 is 0 Å². The van der Waals surface area contributed by atoms with Crippen molar-refractivity contribution in [1.82, 2.24) is 0 Å². The fourth-order valence-corrected chi connectivity index (χ4v) is 2.61. The van der Waals surface area contributed by atoms with Gasteiger partial charge in [0.2, 0.25) is 5.91 Å². The predicted molar refractivity (Wildman–Crippen MR) is 80.7 cm³/mol. The molecule has 0 atom stereocenters. The molecule has 1 amide bonds. The number of methoxy groups -OCH3 is 1. The van der Waals surface area contributed by atoms with Crippen LogP contribution in [0, 0.1) is 5.92 Å². The minimum Gasteiger partial charge on any atom is -0.495 e. The highest BCUT2D eigenvalue weighted by atomic mass is 16.5. The minimum atomic E-state index is -0.00143. The lowest BCUT2D eigenvalue weighted by molar-refractivity contribution is -0.120. The van der Waals surface area contributed by atoms with Crippen molar-refractivity contribution in [3.63, 3.8) is 0 Å². The second kappa shape index (κ2) is 6.97. The van der Waals surface area contributed by atoms with Gasteiger partial charge in [0.1, 0.15) is 5.75 Å². The zero-order valence-corrected chi connectivity index (χ0v) is 12.1. The van der Waals surface area contributed by atoms with Crippen molar-refractivity contribution >= 4 is 17.4 Å². The summed E-state index contributed by atoms with van der Waals surface area (Å²) in [4.78, 5) is 12.3. The van der Waals surface area contributed by atoms with Gasteiger partial charge in [0, 0.05) is 11.5 Å². The second-order valence-electron chi connectivity index (χ2n) is 5.22. The van der Waals surface area contributed by atoms with Crippen LogP contribution in [0.5, 0.6) is 5.75 Å². The number of amidine groups is 1. The molecule has 21 heavy (non-hydrogen) atoms. The first-order valence-corrected chi connectivity index (χ1v) is 7.12. The molecule has 1 fully saturated rings. The van der Waals surface area contributed by atoms with Gasteiger partial charge in [-0.25, -0.2) is 0 Å². The number of ether oxygens (including phenoxy) is 1. The molecule has 114 valence electrons. The molecule has 1 aromatic rings. The number of oxime groups is 1. The van der Waals surface area contributed by atoms with Crippen LogP contribution in [0.25, 0.3) is 0 Å². The van der Waals surface area contributed by atoms with Gasteiger partial charge >= 0.3 is 0 Å². The van der Waals surface area contributed by atoms with Crippen LogP contribution < -0.4 is 15.8 Å². The van der Waals surface area contributed by atoms with Gasteiger partial charge in [0.05, 0.1) is 12.8 Å². The summed E-state index contributed by atoms with van der Waals surface area (Å²) >= 11 is 0. The molecule has 0 unspecified atom stereocenters. The molecule has 0 aromatic heterocycles. The highest BCUT2D eigenvalue weighted by Crippen LogP contribution is 2.29. The lowest BCUT2D eigenvalue weighted by atomic mass is 9.88. The van der Waals surface area contributed by atoms with Crippen LogP contribution in [-0.4, -0.2) is 24.1 Å². The fourth-order valence-electron chi connectivity index (χ4n) is 2.61. The Balaban J connectivity index is 2.13. The van der Waals surface area contributed by atoms with Crippen LogP contribution in [0.2, 0.25) is 0 Å². The molecule has 1 aliphatic carbocycles. The first kappa shape index (κ1) is 15.2. The zero-order chi connectivity index (χ0) is 15.2. The van der Waals surface area contributed by atoms with Gasteiger partial charge in [-0.3, -0.25) is 4.79 Å². The van der Waals surface area contributed by atoms with Gasteiger partial charge in [-0.05, 0) is 31.0 Å². The van der Waals surface area contributed by atoms with Gasteiger partial charge in [-0.1, -0.05) is 24.4 Å². The second-order valence-corrected chi connectivity index (χ2v) is 5.22. The number of hydrogen-bond acceptors (Lipinski definition) is 4. The van der Waals surface area contributed by atoms with Crippen molar-refractivity contribution in [2.24, 2.45) is 16.8 Å². The van der Waals surface area contributed by atoms with Crippen LogP contribution in [-0.2, 0) is 4.79 Å². The predicted octanol–water partition coefficient (Wildman–Crippen LogP) is 2.31. The van der Waals surface area contributed by atoms with Gasteiger partial charge in [-0.2, -0.15) is 0 Å². The molecular weight excluding hydrogens is 270 g/mol. The van der Waals surface area contributed by atoms with E-state index in [-0.39, 0.29) is 17.7 Å². The lowest BCUT2D eigenvalue weighted by Gasteiger charge is -2.21. The van der Waals surface area contributed by atoms with E-state index in [1.165, 1.54) is 13.5 Å². The summed E-state index contributed by atoms with van der Waals surface area (Å²) in [5, 5.41) is 14.5. The number of anilines is 1. The number of carbonyl (C=O) groups excluding carboxylic acids is 1. The summed E-state index contributed by atoms with van der Waals surface area (Å²) < 4.78 is 5.26. The molecule has 2 rings (SSSR count). The van der Waals surface area contributed by atoms with E-state index in [9.17, 15) is 4.79 Å². The maximum absolute atomic E-state index is 12.3. The third-order valence-electron chi connectivity index (χ3n) is 3.84. The molecule has 6 heteroatoms. The number of rotatable bonds is 4. The smallest absolute Gasteiger partial charge is 0.227 e. The summed E-state index contributed by atoms with van der Waals surface area (Å²) in [6.07, 6.45) is 5.31. The average Bonchev–Trinajstić information content (AvgIpc) is 2.55.